The predicted octanol–water partition coefficient (Wildman–Crippen LogP) is 0.00270. The van der Waals surface area contributed by atoms with Gasteiger partial charge >= 0.3 is 5.97 Å². The third kappa shape index (κ3) is 3.47. The van der Waals surface area contributed by atoms with Crippen LogP contribution in [-0.4, -0.2) is 42.0 Å². The van der Waals surface area contributed by atoms with Crippen LogP contribution in [0.3, 0.4) is 0 Å². The number of piperidine rings is 1. The summed E-state index contributed by atoms with van der Waals surface area (Å²) in [5.41, 5.74) is 1.36. The monoisotopic (exact) mass is 340 g/mol. The topological polar surface area (TPSA) is 92.8 Å². The van der Waals surface area contributed by atoms with Crippen LogP contribution >= 0.6 is 0 Å². The molecule has 1 aromatic carbocycles. The molecule has 128 valence electrons. The lowest BCUT2D eigenvalue weighted by molar-refractivity contribution is -0.145. The Kier molecular flexibility index (Phi) is 4.69. The quantitative estimate of drug-likeness (QED) is 0.361. The number of nitrogens with one attached hydrogen (secondary N) is 1. The fourth-order valence-electron chi connectivity index (χ4n) is 3.02. The third-order valence-electron chi connectivity index (χ3n) is 4.31. The molecule has 7 nitrogen and oxygen atoms in total. The number of esters is 1. The summed E-state index contributed by atoms with van der Waals surface area (Å²) in [4.78, 5) is 49.5. The molecular weight excluding hydrogens is 323 g/mol. The average Bonchev–Trinajstić information content (AvgIpc) is 2.88. The molecule has 3 amide bonds. The lowest BCUT2D eigenvalue weighted by Gasteiger charge is -2.30. The predicted molar refractivity (Wildman–Crippen MR) is 89.1 cm³/mol. The van der Waals surface area contributed by atoms with E-state index >= 15 is 0 Å². The second kappa shape index (κ2) is 6.92. The van der Waals surface area contributed by atoms with Gasteiger partial charge in [-0.1, -0.05) is 35.8 Å². The van der Waals surface area contributed by atoms with Gasteiger partial charge in [-0.2, -0.15) is 0 Å². The van der Waals surface area contributed by atoms with Crippen LogP contribution in [0.2, 0.25) is 0 Å². The number of rotatable bonds is 4. The lowest BCUT2D eigenvalue weighted by atomic mass is 9.81. The highest BCUT2D eigenvalue weighted by Gasteiger charge is 2.42. The van der Waals surface area contributed by atoms with Crippen LogP contribution in [-0.2, 0) is 30.5 Å². The van der Waals surface area contributed by atoms with E-state index in [4.69, 9.17) is 4.74 Å². The molecule has 0 saturated carbocycles. The van der Waals surface area contributed by atoms with Crippen molar-refractivity contribution in [3.05, 3.63) is 46.9 Å². The average molecular weight is 340 g/mol. The van der Waals surface area contributed by atoms with Gasteiger partial charge in [0.1, 0.15) is 18.2 Å². The fourth-order valence-corrected chi connectivity index (χ4v) is 3.02. The Balaban J connectivity index is 1.67. The van der Waals surface area contributed by atoms with Gasteiger partial charge in [-0.05, 0) is 18.9 Å². The van der Waals surface area contributed by atoms with E-state index in [0.29, 0.717) is 5.47 Å². The van der Waals surface area contributed by atoms with Crippen LogP contribution < -0.4 is 5.32 Å². The van der Waals surface area contributed by atoms with Crippen LogP contribution in [0.15, 0.2) is 41.4 Å². The largest absolute Gasteiger partial charge is 0.457 e. The molecule has 2 aliphatic rings. The van der Waals surface area contributed by atoms with Gasteiger partial charge in [0.15, 0.2) is 0 Å². The number of allylic oxidation sites excluding steroid dienone is 1. The molecule has 1 fully saturated rings. The van der Waals surface area contributed by atoms with E-state index < -0.39 is 23.8 Å². The normalized spacial score (nSPS) is 20.4. The van der Waals surface area contributed by atoms with Crippen molar-refractivity contribution in [3.63, 3.8) is 0 Å². The van der Waals surface area contributed by atoms with Crippen LogP contribution in [0, 0.1) is 0 Å². The van der Waals surface area contributed by atoms with Gasteiger partial charge in [-0.25, -0.2) is 4.79 Å². The zero-order valence-corrected chi connectivity index (χ0v) is 13.8. The standard InChI is InChI=1S/C17H17BN2O5/c1-10-14(17(24)25-9-11-5-3-2-4-6-11)16(23)20(18-10)12-7-8-13(21)19-15(12)22/h2-6,12,18H,7-9H2,1H3,(H,19,21,22). The van der Waals surface area contributed by atoms with Crippen molar-refractivity contribution >= 4 is 31.1 Å². The SMILES string of the molecule is CC1=C(C(=O)OCc2ccccc2)C(=O)N(C2CCC(=O)NC2=O)B1. The van der Waals surface area contributed by atoms with Crippen LogP contribution in [0.1, 0.15) is 25.3 Å². The first-order valence-electron chi connectivity index (χ1n) is 8.03. The summed E-state index contributed by atoms with van der Waals surface area (Å²) in [6.07, 6.45) is 0.434. The summed E-state index contributed by atoms with van der Waals surface area (Å²) in [6, 6.07) is 8.43. The summed E-state index contributed by atoms with van der Waals surface area (Å²) < 4.78 is 5.23. The van der Waals surface area contributed by atoms with E-state index in [0.717, 1.165) is 5.56 Å². The van der Waals surface area contributed by atoms with E-state index in [1.165, 1.54) is 4.81 Å². The third-order valence-corrected chi connectivity index (χ3v) is 4.31. The van der Waals surface area contributed by atoms with E-state index in [2.05, 4.69) is 5.32 Å². The second-order valence-corrected chi connectivity index (χ2v) is 6.12. The van der Waals surface area contributed by atoms with E-state index in [-0.39, 0.29) is 38.3 Å². The van der Waals surface area contributed by atoms with Crippen molar-refractivity contribution in [2.45, 2.75) is 32.4 Å². The van der Waals surface area contributed by atoms with Crippen LogP contribution in [0.5, 0.6) is 0 Å². The summed E-state index contributed by atoms with van der Waals surface area (Å²) in [7, 11) is 0.181. The molecule has 25 heavy (non-hydrogen) atoms. The molecular formula is C17H17BN2O5. The minimum Gasteiger partial charge on any atom is -0.457 e. The number of carbonyl (C=O) groups is 4. The molecule has 1 unspecified atom stereocenters. The maximum absolute atomic E-state index is 12.6. The first-order valence-corrected chi connectivity index (χ1v) is 8.03. The van der Waals surface area contributed by atoms with Crippen molar-refractivity contribution in [2.75, 3.05) is 0 Å². The van der Waals surface area contributed by atoms with Gasteiger partial charge in [-0.15, -0.1) is 0 Å². The maximum Gasteiger partial charge on any atom is 0.343 e. The fraction of sp³-hybridized carbons (Fsp3) is 0.294. The Morgan fingerprint density at radius 3 is 2.68 bits per heavy atom. The highest BCUT2D eigenvalue weighted by molar-refractivity contribution is 6.55. The number of benzene rings is 1. The number of ether oxygens (including phenoxy) is 1. The summed E-state index contributed by atoms with van der Waals surface area (Å²) in [5.74, 6) is -2.07. The molecule has 3 rings (SSSR count). The highest BCUT2D eigenvalue weighted by atomic mass is 16.5. The Morgan fingerprint density at radius 2 is 2.00 bits per heavy atom. The highest BCUT2D eigenvalue weighted by Crippen LogP contribution is 2.24. The molecule has 0 aliphatic carbocycles. The van der Waals surface area contributed by atoms with Gasteiger partial charge in [0.2, 0.25) is 17.7 Å². The molecule has 0 radical (unpaired) electrons. The minimum atomic E-state index is -0.737. The molecule has 1 atom stereocenters. The van der Waals surface area contributed by atoms with Crippen molar-refractivity contribution in [3.8, 4) is 0 Å². The Labute approximate surface area is 145 Å². The number of hydrogen-bond donors (Lipinski definition) is 1. The molecule has 2 aliphatic heterocycles. The number of amides is 3. The molecule has 0 spiro atoms. The number of imide groups is 1. The van der Waals surface area contributed by atoms with Crippen molar-refractivity contribution in [1.29, 1.82) is 0 Å². The second-order valence-electron chi connectivity index (χ2n) is 6.12. The first-order chi connectivity index (χ1) is 12.0. The molecule has 8 heteroatoms. The van der Waals surface area contributed by atoms with Gasteiger partial charge in [-0.3, -0.25) is 19.7 Å². The summed E-state index contributed by atoms with van der Waals surface area (Å²) in [6.45, 7) is 1.74. The molecule has 2 heterocycles. The Hall–Kier alpha value is -2.90. The number of carbonyl (C=O) groups excluding carboxylic acids is 4. The van der Waals surface area contributed by atoms with E-state index in [1.54, 1.807) is 6.92 Å². The smallest absolute Gasteiger partial charge is 0.343 e. The number of nitrogens with zero attached hydrogens (tertiary/aromatic N) is 1. The van der Waals surface area contributed by atoms with E-state index in [1.807, 2.05) is 30.3 Å². The number of hydrogen-bond acceptors (Lipinski definition) is 5. The van der Waals surface area contributed by atoms with E-state index in [9.17, 15) is 19.2 Å². The molecule has 0 aromatic heterocycles. The first kappa shape index (κ1) is 16.9. The summed E-state index contributed by atoms with van der Waals surface area (Å²) in [5, 5.41) is 2.23. The molecule has 1 saturated heterocycles. The van der Waals surface area contributed by atoms with Crippen molar-refractivity contribution < 1.29 is 23.9 Å². The minimum absolute atomic E-state index is 0.0272. The van der Waals surface area contributed by atoms with Crippen molar-refractivity contribution in [1.82, 2.24) is 10.1 Å². The van der Waals surface area contributed by atoms with Gasteiger partial charge in [0, 0.05) is 6.42 Å². The van der Waals surface area contributed by atoms with Crippen LogP contribution in [0.4, 0.5) is 0 Å². The van der Waals surface area contributed by atoms with Crippen molar-refractivity contribution in [2.24, 2.45) is 0 Å². The Bertz CT molecular complexity index is 775. The van der Waals surface area contributed by atoms with Gasteiger partial charge in [0.05, 0.1) is 0 Å². The molecule has 1 N–H and O–H groups in total. The molecule has 0 bridgehead atoms. The molecule has 1 aromatic rings. The van der Waals surface area contributed by atoms with Crippen LogP contribution in [0.25, 0.3) is 0 Å². The Morgan fingerprint density at radius 1 is 1.28 bits per heavy atom. The zero-order valence-electron chi connectivity index (χ0n) is 13.8. The maximum atomic E-state index is 12.6. The summed E-state index contributed by atoms with van der Waals surface area (Å²) >= 11 is 0. The van der Waals surface area contributed by atoms with Gasteiger partial charge in [0.25, 0.3) is 7.41 Å². The lowest BCUT2D eigenvalue weighted by Crippen LogP contribution is -2.54. The van der Waals surface area contributed by atoms with Gasteiger partial charge < -0.3 is 9.55 Å². The zero-order chi connectivity index (χ0) is 18.0.